The summed E-state index contributed by atoms with van der Waals surface area (Å²) in [7, 11) is 0. The Bertz CT molecular complexity index is 1130. The van der Waals surface area contributed by atoms with Crippen LogP contribution in [0.5, 0.6) is 0 Å². The van der Waals surface area contributed by atoms with Crippen LogP contribution in [0.4, 0.5) is 119 Å². The quantitative estimate of drug-likeness (QED) is 0.0688. The van der Waals surface area contributed by atoms with Crippen molar-refractivity contribution in [1.29, 1.82) is 0 Å². The SMILES string of the molecule is FC(F)(F)C(F)(F)C(F)(F)C(F)(F)CCCC(=C[CH]([Sn])CCCC(F)(F)C(F)(F)C(F)(F)C(F)(F)F)CCCC(F)(F)C(F)(F)C(F)(F)C(F)(F)F. The topological polar surface area (TPSA) is 0 Å². The second kappa shape index (κ2) is 15.7. The van der Waals surface area contributed by atoms with Crippen LogP contribution in [0.2, 0.25) is 3.93 Å². The number of alkyl halides is 27. The van der Waals surface area contributed by atoms with Gasteiger partial charge in [0.05, 0.1) is 0 Å². The first-order chi connectivity index (χ1) is 22.4. The summed E-state index contributed by atoms with van der Waals surface area (Å²) in [5.74, 6) is -62.1. The molecule has 0 N–H and O–H groups in total. The zero-order valence-corrected chi connectivity index (χ0v) is 27.6. The van der Waals surface area contributed by atoms with Gasteiger partial charge in [0.1, 0.15) is 0 Å². The van der Waals surface area contributed by atoms with Crippen LogP contribution < -0.4 is 0 Å². The fraction of sp³-hybridized carbons (Fsp3) is 0.917. The molecule has 0 bridgehead atoms. The molecule has 3 radical (unpaired) electrons. The van der Waals surface area contributed by atoms with Crippen molar-refractivity contribution < 1.29 is 119 Å². The van der Waals surface area contributed by atoms with Crippen LogP contribution in [0, 0.1) is 0 Å². The average molecular weight is 940 g/mol. The molecule has 0 rings (SSSR count). The number of halogens is 27. The Morgan fingerprint density at radius 1 is 0.365 bits per heavy atom. The Kier molecular flexibility index (Phi) is 15.2. The molecule has 0 saturated heterocycles. The fourth-order valence-electron chi connectivity index (χ4n) is 3.97. The molecule has 0 aliphatic heterocycles. The van der Waals surface area contributed by atoms with E-state index in [9.17, 15) is 119 Å². The predicted octanol–water partition coefficient (Wildman–Crippen LogP) is 12.8. The third kappa shape index (κ3) is 10.1. The third-order valence-electron chi connectivity index (χ3n) is 7.05. The molecule has 0 aliphatic rings. The van der Waals surface area contributed by atoms with E-state index >= 15 is 0 Å². The standard InChI is InChI=1S/C24H20F27.Sn/c25-13(26,16(31,32)19(37,38)22(43,44)45)9-3-1-2-6-12(7-4-10-14(27,28)17(33,34)20(39,40)23(46,47)48)8-5-11-15(29,30)18(35,36)21(41,42)24(49,50)51;/h2,6H,1,3-5,7-11H2;. The van der Waals surface area contributed by atoms with Crippen molar-refractivity contribution in [3.63, 3.8) is 0 Å². The van der Waals surface area contributed by atoms with Crippen molar-refractivity contribution in [1.82, 2.24) is 0 Å². The molecule has 0 saturated carbocycles. The summed E-state index contributed by atoms with van der Waals surface area (Å²) >= 11 is -0.0545. The third-order valence-corrected chi connectivity index (χ3v) is 8.35. The van der Waals surface area contributed by atoms with E-state index in [4.69, 9.17) is 0 Å². The van der Waals surface area contributed by atoms with Crippen molar-refractivity contribution in [3.8, 4) is 0 Å². The van der Waals surface area contributed by atoms with Gasteiger partial charge >= 0.3 is 286 Å². The summed E-state index contributed by atoms with van der Waals surface area (Å²) in [5, 5.41) is 0. The molecule has 1 atom stereocenters. The molecule has 1 unspecified atom stereocenters. The van der Waals surface area contributed by atoms with E-state index in [0.717, 1.165) is 0 Å². The van der Waals surface area contributed by atoms with Gasteiger partial charge in [-0.2, -0.15) is 0 Å². The Morgan fingerprint density at radius 2 is 0.596 bits per heavy atom. The molecular formula is C24H20F27Sn. The van der Waals surface area contributed by atoms with Gasteiger partial charge in [0, 0.05) is 0 Å². The summed E-state index contributed by atoms with van der Waals surface area (Å²) < 4.78 is 351. The Balaban J connectivity index is 6.23. The number of hydrogen-bond acceptors (Lipinski definition) is 0. The van der Waals surface area contributed by atoms with Crippen molar-refractivity contribution in [3.05, 3.63) is 11.6 Å². The molecule has 0 fully saturated rings. The minimum absolute atomic E-state index is 0.0545. The number of allylic oxidation sites excluding steroid dienone is 2. The van der Waals surface area contributed by atoms with Crippen molar-refractivity contribution in [2.75, 3.05) is 0 Å². The number of hydrogen-bond donors (Lipinski definition) is 0. The van der Waals surface area contributed by atoms with Crippen LogP contribution in [-0.2, 0) is 0 Å². The van der Waals surface area contributed by atoms with E-state index in [-0.39, 0.29) is 22.5 Å². The van der Waals surface area contributed by atoms with Crippen molar-refractivity contribution >= 4 is 22.5 Å². The summed E-state index contributed by atoms with van der Waals surface area (Å²) in [6.07, 6.45) is -37.3. The van der Waals surface area contributed by atoms with Gasteiger partial charge in [0.25, 0.3) is 0 Å². The van der Waals surface area contributed by atoms with Crippen molar-refractivity contribution in [2.45, 2.75) is 134 Å². The van der Waals surface area contributed by atoms with Crippen LogP contribution in [0.25, 0.3) is 0 Å². The van der Waals surface area contributed by atoms with E-state index in [1.807, 2.05) is 0 Å². The van der Waals surface area contributed by atoms with E-state index in [0.29, 0.717) is 6.08 Å². The Labute approximate surface area is 286 Å². The first kappa shape index (κ1) is 50.6. The molecule has 0 aliphatic carbocycles. The van der Waals surface area contributed by atoms with Gasteiger partial charge < -0.3 is 0 Å². The Morgan fingerprint density at radius 3 is 0.827 bits per heavy atom. The molecule has 0 aromatic heterocycles. The first-order valence-corrected chi connectivity index (χ1v) is 15.1. The summed E-state index contributed by atoms with van der Waals surface area (Å²) in [6.45, 7) is 0. The molecular weight excluding hydrogens is 920 g/mol. The molecule has 0 aromatic carbocycles. The van der Waals surface area contributed by atoms with Crippen molar-refractivity contribution in [2.24, 2.45) is 0 Å². The summed E-state index contributed by atoms with van der Waals surface area (Å²) in [6, 6.07) is 0. The molecule has 0 nitrogen and oxygen atoms in total. The normalized spacial score (nSPS) is 16.3. The second-order valence-corrected chi connectivity index (χ2v) is 13.2. The van der Waals surface area contributed by atoms with Gasteiger partial charge in [-0.05, 0) is 0 Å². The minimum atomic E-state index is -7.38. The summed E-state index contributed by atoms with van der Waals surface area (Å²) in [5.41, 5.74) is -0.828. The van der Waals surface area contributed by atoms with Crippen LogP contribution in [0.15, 0.2) is 11.6 Å². The number of rotatable bonds is 19. The monoisotopic (exact) mass is 941 g/mol. The summed E-state index contributed by atoms with van der Waals surface area (Å²) in [4.78, 5) is 0. The second-order valence-electron chi connectivity index (χ2n) is 11.1. The average Bonchev–Trinajstić information content (AvgIpc) is 2.90. The molecule has 0 aromatic rings. The molecule has 309 valence electrons. The Hall–Kier alpha value is -1.35. The van der Waals surface area contributed by atoms with Gasteiger partial charge in [0.2, 0.25) is 0 Å². The van der Waals surface area contributed by atoms with E-state index in [1.165, 1.54) is 0 Å². The zero-order valence-electron chi connectivity index (χ0n) is 24.7. The van der Waals surface area contributed by atoms with Gasteiger partial charge in [-0.1, -0.05) is 0 Å². The molecule has 0 spiro atoms. The maximum absolute atomic E-state index is 13.9. The predicted molar refractivity (Wildman–Crippen MR) is 122 cm³/mol. The molecule has 0 amide bonds. The molecule has 0 heterocycles. The van der Waals surface area contributed by atoms with E-state index < -0.39 is 139 Å². The fourth-order valence-corrected chi connectivity index (χ4v) is 5.23. The van der Waals surface area contributed by atoms with Crippen LogP contribution >= 0.6 is 0 Å². The van der Waals surface area contributed by atoms with Crippen LogP contribution in [-0.4, -0.2) is 94.4 Å². The molecule has 28 heteroatoms. The first-order valence-electron chi connectivity index (χ1n) is 13.4. The van der Waals surface area contributed by atoms with Crippen LogP contribution in [0.3, 0.4) is 0 Å². The van der Waals surface area contributed by atoms with Gasteiger partial charge in [-0.15, -0.1) is 0 Å². The molecule has 52 heavy (non-hydrogen) atoms. The van der Waals surface area contributed by atoms with E-state index in [2.05, 4.69) is 0 Å². The van der Waals surface area contributed by atoms with Gasteiger partial charge in [-0.3, -0.25) is 0 Å². The maximum atomic E-state index is 13.9. The zero-order chi connectivity index (χ0) is 42.2. The van der Waals surface area contributed by atoms with Gasteiger partial charge in [-0.25, -0.2) is 0 Å². The van der Waals surface area contributed by atoms with E-state index in [1.54, 1.807) is 0 Å². The van der Waals surface area contributed by atoms with Gasteiger partial charge in [0.15, 0.2) is 0 Å². The van der Waals surface area contributed by atoms with Crippen LogP contribution in [0.1, 0.15) is 57.8 Å².